The van der Waals surface area contributed by atoms with Gasteiger partial charge in [0, 0.05) is 18.9 Å². The van der Waals surface area contributed by atoms with E-state index in [1.54, 1.807) is 11.3 Å². The third-order valence-corrected chi connectivity index (χ3v) is 5.04. The highest BCUT2D eigenvalue weighted by Crippen LogP contribution is 2.21. The molecule has 7 nitrogen and oxygen atoms in total. The van der Waals surface area contributed by atoms with Crippen molar-refractivity contribution in [3.63, 3.8) is 0 Å². The van der Waals surface area contributed by atoms with Crippen LogP contribution in [0.2, 0.25) is 0 Å². The number of nitrogens with one attached hydrogen (secondary N) is 1. The molecule has 0 saturated heterocycles. The third kappa shape index (κ3) is 3.39. The lowest BCUT2D eigenvalue weighted by Crippen LogP contribution is -2.38. The summed E-state index contributed by atoms with van der Waals surface area (Å²) in [5, 5.41) is 14.1. The summed E-state index contributed by atoms with van der Waals surface area (Å²) in [6.07, 6.45) is 3.88. The average molecular weight is 344 g/mol. The van der Waals surface area contributed by atoms with Gasteiger partial charge < -0.3 is 9.84 Å². The summed E-state index contributed by atoms with van der Waals surface area (Å²) in [6.45, 7) is 3.78. The zero-order chi connectivity index (χ0) is 16.4. The molecule has 0 saturated carbocycles. The van der Waals surface area contributed by atoms with E-state index in [4.69, 9.17) is 4.52 Å². The van der Waals surface area contributed by atoms with E-state index in [2.05, 4.69) is 25.5 Å². The van der Waals surface area contributed by atoms with Crippen molar-refractivity contribution in [2.75, 3.05) is 6.54 Å². The minimum absolute atomic E-state index is 0.461. The van der Waals surface area contributed by atoms with Crippen molar-refractivity contribution in [1.82, 2.24) is 30.2 Å². The quantitative estimate of drug-likeness (QED) is 0.691. The molecule has 1 aliphatic rings. The van der Waals surface area contributed by atoms with Crippen molar-refractivity contribution < 1.29 is 4.52 Å². The van der Waals surface area contributed by atoms with Crippen molar-refractivity contribution in [2.24, 2.45) is 0 Å². The van der Waals surface area contributed by atoms with Crippen molar-refractivity contribution in [3.8, 4) is 10.7 Å². The lowest BCUT2D eigenvalue weighted by Gasteiger charge is -2.23. The molecule has 0 bridgehead atoms. The van der Waals surface area contributed by atoms with Gasteiger partial charge in [-0.1, -0.05) is 11.2 Å². The number of rotatable bonds is 6. The molecule has 1 N–H and O–H groups in total. The summed E-state index contributed by atoms with van der Waals surface area (Å²) in [4.78, 5) is 9.94. The standard InChI is InChI=1S/C16H20N6OS/c1-11-18-14-7-6-12(10-22(14)20-11)17-8-2-5-15-19-16(21-23-15)13-4-3-9-24-13/h3-4,9,12,17H,2,5-8,10H2,1H3/t12-/m1/s1. The number of aromatic nitrogens is 5. The molecule has 0 spiro atoms. The number of nitrogens with zero attached hydrogens (tertiary/aromatic N) is 5. The molecular weight excluding hydrogens is 324 g/mol. The van der Waals surface area contributed by atoms with Crippen LogP contribution in [0.25, 0.3) is 10.7 Å². The molecule has 126 valence electrons. The van der Waals surface area contributed by atoms with Crippen molar-refractivity contribution in [1.29, 1.82) is 0 Å². The Balaban J connectivity index is 1.23. The van der Waals surface area contributed by atoms with E-state index in [-0.39, 0.29) is 0 Å². The minimum Gasteiger partial charge on any atom is -0.339 e. The van der Waals surface area contributed by atoms with Crippen LogP contribution >= 0.6 is 11.3 Å². The Hall–Kier alpha value is -2.06. The van der Waals surface area contributed by atoms with Gasteiger partial charge in [0.25, 0.3) is 0 Å². The van der Waals surface area contributed by atoms with Crippen molar-refractivity contribution in [3.05, 3.63) is 35.1 Å². The SMILES string of the molecule is Cc1nc2n(n1)C[C@H](NCCCc1nc(-c3cccs3)no1)CC2. The summed E-state index contributed by atoms with van der Waals surface area (Å²) in [5.74, 6) is 3.37. The first-order chi connectivity index (χ1) is 11.8. The number of hydrogen-bond donors (Lipinski definition) is 1. The first-order valence-corrected chi connectivity index (χ1v) is 9.16. The van der Waals surface area contributed by atoms with Gasteiger partial charge in [0.1, 0.15) is 11.6 Å². The lowest BCUT2D eigenvalue weighted by atomic mass is 10.1. The maximum Gasteiger partial charge on any atom is 0.227 e. The number of thiophene rings is 1. The summed E-state index contributed by atoms with van der Waals surface area (Å²) >= 11 is 1.62. The Morgan fingerprint density at radius 1 is 1.42 bits per heavy atom. The topological polar surface area (TPSA) is 81.7 Å². The molecule has 0 unspecified atom stereocenters. The predicted octanol–water partition coefficient (Wildman–Crippen LogP) is 2.24. The highest BCUT2D eigenvalue weighted by Gasteiger charge is 2.20. The molecule has 24 heavy (non-hydrogen) atoms. The molecule has 8 heteroatoms. The Labute approximate surface area is 144 Å². The molecule has 0 aromatic carbocycles. The second kappa shape index (κ2) is 6.82. The Morgan fingerprint density at radius 2 is 2.38 bits per heavy atom. The summed E-state index contributed by atoms with van der Waals surface area (Å²) in [7, 11) is 0. The Bertz CT molecular complexity index is 793. The van der Waals surface area contributed by atoms with Crippen LogP contribution in [-0.2, 0) is 19.4 Å². The van der Waals surface area contributed by atoms with E-state index in [0.29, 0.717) is 17.8 Å². The zero-order valence-corrected chi connectivity index (χ0v) is 14.4. The highest BCUT2D eigenvalue weighted by molar-refractivity contribution is 7.13. The van der Waals surface area contributed by atoms with E-state index in [0.717, 1.165) is 55.3 Å². The van der Waals surface area contributed by atoms with Gasteiger partial charge in [-0.2, -0.15) is 10.1 Å². The van der Waals surface area contributed by atoms with Crippen LogP contribution in [0.3, 0.4) is 0 Å². The van der Waals surface area contributed by atoms with Gasteiger partial charge in [-0.15, -0.1) is 11.3 Å². The van der Waals surface area contributed by atoms with E-state index in [1.165, 1.54) is 0 Å². The van der Waals surface area contributed by atoms with Gasteiger partial charge in [0.2, 0.25) is 11.7 Å². The fraction of sp³-hybridized carbons (Fsp3) is 0.500. The van der Waals surface area contributed by atoms with Crippen LogP contribution in [0.4, 0.5) is 0 Å². The Kier molecular flexibility index (Phi) is 4.40. The predicted molar refractivity (Wildman–Crippen MR) is 90.8 cm³/mol. The third-order valence-electron chi connectivity index (χ3n) is 4.17. The highest BCUT2D eigenvalue weighted by atomic mass is 32.1. The fourth-order valence-electron chi connectivity index (χ4n) is 3.01. The normalized spacial score (nSPS) is 17.1. The number of hydrogen-bond acceptors (Lipinski definition) is 7. The number of fused-ring (bicyclic) bond motifs is 1. The molecule has 1 aliphatic heterocycles. The maximum absolute atomic E-state index is 5.33. The first-order valence-electron chi connectivity index (χ1n) is 8.28. The van der Waals surface area contributed by atoms with Gasteiger partial charge in [-0.05, 0) is 37.8 Å². The molecular formula is C16H20N6OS. The molecule has 4 rings (SSSR count). The first kappa shape index (κ1) is 15.5. The smallest absolute Gasteiger partial charge is 0.227 e. The molecule has 4 heterocycles. The van der Waals surface area contributed by atoms with Gasteiger partial charge >= 0.3 is 0 Å². The molecule has 0 aliphatic carbocycles. The van der Waals surface area contributed by atoms with E-state index >= 15 is 0 Å². The Morgan fingerprint density at radius 3 is 3.25 bits per heavy atom. The fourth-order valence-corrected chi connectivity index (χ4v) is 3.66. The minimum atomic E-state index is 0.461. The maximum atomic E-state index is 5.33. The van der Waals surface area contributed by atoms with Crippen LogP contribution in [0.1, 0.15) is 30.4 Å². The molecule has 0 fully saturated rings. The van der Waals surface area contributed by atoms with Crippen LogP contribution in [0.15, 0.2) is 22.0 Å². The van der Waals surface area contributed by atoms with Gasteiger partial charge in [0.15, 0.2) is 0 Å². The summed E-state index contributed by atoms with van der Waals surface area (Å²) < 4.78 is 7.35. The van der Waals surface area contributed by atoms with E-state index in [9.17, 15) is 0 Å². The van der Waals surface area contributed by atoms with Crippen LogP contribution in [0, 0.1) is 6.92 Å². The molecule has 0 radical (unpaired) electrons. The van der Waals surface area contributed by atoms with Crippen molar-refractivity contribution in [2.45, 2.75) is 45.2 Å². The van der Waals surface area contributed by atoms with Crippen LogP contribution in [-0.4, -0.2) is 37.5 Å². The monoisotopic (exact) mass is 344 g/mol. The van der Waals surface area contributed by atoms with Crippen LogP contribution < -0.4 is 5.32 Å². The molecule has 1 atom stereocenters. The second-order valence-corrected chi connectivity index (χ2v) is 6.99. The molecule has 3 aromatic heterocycles. The van der Waals surface area contributed by atoms with Gasteiger partial charge in [-0.25, -0.2) is 9.67 Å². The van der Waals surface area contributed by atoms with E-state index in [1.807, 2.05) is 29.1 Å². The molecule has 3 aromatic rings. The lowest BCUT2D eigenvalue weighted by molar-refractivity contribution is 0.348. The number of aryl methyl sites for hydroxylation is 3. The van der Waals surface area contributed by atoms with Gasteiger partial charge in [0.05, 0.1) is 11.4 Å². The average Bonchev–Trinajstić information content (AvgIpc) is 3.30. The van der Waals surface area contributed by atoms with Crippen molar-refractivity contribution >= 4 is 11.3 Å². The summed E-state index contributed by atoms with van der Waals surface area (Å²) in [5.41, 5.74) is 0. The van der Waals surface area contributed by atoms with Crippen LogP contribution in [0.5, 0.6) is 0 Å². The second-order valence-electron chi connectivity index (χ2n) is 6.04. The summed E-state index contributed by atoms with van der Waals surface area (Å²) in [6, 6.07) is 4.46. The zero-order valence-electron chi connectivity index (χ0n) is 13.6. The molecule has 0 amide bonds. The largest absolute Gasteiger partial charge is 0.339 e. The van der Waals surface area contributed by atoms with Gasteiger partial charge in [-0.3, -0.25) is 0 Å². The van der Waals surface area contributed by atoms with E-state index < -0.39 is 0 Å².